The zero-order chi connectivity index (χ0) is 13.5. The van der Waals surface area contributed by atoms with Gasteiger partial charge in [-0.2, -0.15) is 0 Å². The second-order valence-electron chi connectivity index (χ2n) is 4.54. The van der Waals surface area contributed by atoms with Crippen LogP contribution in [0.5, 0.6) is 0 Å². The smallest absolute Gasteiger partial charge is 0.134 e. The first-order valence-corrected chi connectivity index (χ1v) is 6.44. The monoisotopic (exact) mass is 245 g/mol. The summed E-state index contributed by atoms with van der Waals surface area (Å²) in [6.45, 7) is 8.69. The molecule has 0 fully saturated rings. The Balaban J connectivity index is 3.21. The summed E-state index contributed by atoms with van der Waals surface area (Å²) in [6, 6.07) is 2.12. The van der Waals surface area contributed by atoms with Crippen molar-refractivity contribution in [2.45, 2.75) is 33.7 Å². The van der Waals surface area contributed by atoms with Crippen LogP contribution in [0.3, 0.4) is 0 Å². The molecule has 0 saturated heterocycles. The maximum absolute atomic E-state index is 5.46. The third kappa shape index (κ3) is 3.48. The first-order chi connectivity index (χ1) is 8.63. The van der Waals surface area contributed by atoms with Gasteiger partial charge in [-0.25, -0.2) is 4.98 Å². The summed E-state index contributed by atoms with van der Waals surface area (Å²) in [6.07, 6.45) is 6.53. The number of anilines is 1. The van der Waals surface area contributed by atoms with Gasteiger partial charge in [0.15, 0.2) is 0 Å². The molecule has 1 N–H and O–H groups in total. The van der Waals surface area contributed by atoms with E-state index in [0.717, 1.165) is 31.0 Å². The Bertz CT molecular complexity index is 432. The molecule has 0 bridgehead atoms. The second kappa shape index (κ2) is 7.03. The van der Waals surface area contributed by atoms with Crippen molar-refractivity contribution in [2.24, 2.45) is 0 Å². The summed E-state index contributed by atoms with van der Waals surface area (Å²) in [5, 5.41) is 3.21. The molecule has 1 aromatic heterocycles. The maximum Gasteiger partial charge on any atom is 0.134 e. The fraction of sp³-hybridized carbons (Fsp3) is 0.533. The molecule has 0 aromatic carbocycles. The minimum atomic E-state index is 0.612. The first-order valence-electron chi connectivity index (χ1n) is 6.44. The lowest BCUT2D eigenvalue weighted by atomic mass is 10.1. The molecule has 98 valence electrons. The highest BCUT2D eigenvalue weighted by molar-refractivity contribution is 5.52. The highest BCUT2D eigenvalue weighted by Crippen LogP contribution is 2.22. The lowest BCUT2D eigenvalue weighted by Crippen LogP contribution is -2.28. The number of pyridine rings is 1. The summed E-state index contributed by atoms with van der Waals surface area (Å²) in [5.41, 5.74) is 3.55. The Kier molecular flexibility index (Phi) is 5.67. The highest BCUT2D eigenvalue weighted by atomic mass is 15.2. The Hall–Kier alpha value is -1.53. The largest absolute Gasteiger partial charge is 0.345 e. The average Bonchev–Trinajstić information content (AvgIpc) is 2.32. The number of aromatic nitrogens is 1. The molecule has 1 aromatic rings. The molecule has 0 radical (unpaired) electrons. The summed E-state index contributed by atoms with van der Waals surface area (Å²) in [4.78, 5) is 6.87. The van der Waals surface area contributed by atoms with E-state index in [1.165, 1.54) is 11.1 Å². The average molecular weight is 245 g/mol. The summed E-state index contributed by atoms with van der Waals surface area (Å²) in [5.74, 6) is 3.75. The number of hydrogen-bond donors (Lipinski definition) is 1. The second-order valence-corrected chi connectivity index (χ2v) is 4.54. The predicted molar refractivity (Wildman–Crippen MR) is 77.8 cm³/mol. The lowest BCUT2D eigenvalue weighted by Gasteiger charge is -2.25. The zero-order valence-corrected chi connectivity index (χ0v) is 11.9. The van der Waals surface area contributed by atoms with Crippen molar-refractivity contribution in [1.29, 1.82) is 0 Å². The molecule has 0 spiro atoms. The van der Waals surface area contributed by atoms with Gasteiger partial charge >= 0.3 is 0 Å². The number of hydrogen-bond acceptors (Lipinski definition) is 3. The van der Waals surface area contributed by atoms with Crippen molar-refractivity contribution in [3.8, 4) is 12.3 Å². The van der Waals surface area contributed by atoms with Gasteiger partial charge in [0.1, 0.15) is 5.82 Å². The maximum atomic E-state index is 5.46. The van der Waals surface area contributed by atoms with Crippen LogP contribution in [0.15, 0.2) is 6.07 Å². The third-order valence-corrected chi connectivity index (χ3v) is 2.88. The van der Waals surface area contributed by atoms with Crippen molar-refractivity contribution in [1.82, 2.24) is 10.3 Å². The van der Waals surface area contributed by atoms with E-state index in [1.54, 1.807) is 0 Å². The van der Waals surface area contributed by atoms with Crippen LogP contribution in [0.4, 0.5) is 5.82 Å². The zero-order valence-electron chi connectivity index (χ0n) is 11.9. The summed E-state index contributed by atoms with van der Waals surface area (Å²) < 4.78 is 0. The van der Waals surface area contributed by atoms with Crippen molar-refractivity contribution >= 4 is 5.82 Å². The summed E-state index contributed by atoms with van der Waals surface area (Å²) in [7, 11) is 1.95. The SMILES string of the molecule is C#CCN(CCC)c1nc(C)cc(C)c1CNC. The van der Waals surface area contributed by atoms with Crippen LogP contribution < -0.4 is 10.2 Å². The molecule has 0 aliphatic rings. The molecular formula is C15H23N3. The minimum absolute atomic E-state index is 0.612. The van der Waals surface area contributed by atoms with Crippen LogP contribution in [0.2, 0.25) is 0 Å². The van der Waals surface area contributed by atoms with E-state index in [2.05, 4.69) is 41.0 Å². The molecule has 0 aliphatic heterocycles. The lowest BCUT2D eigenvalue weighted by molar-refractivity contribution is 0.764. The van der Waals surface area contributed by atoms with E-state index in [1.807, 2.05) is 14.0 Å². The van der Waals surface area contributed by atoms with Crippen molar-refractivity contribution in [2.75, 3.05) is 25.0 Å². The van der Waals surface area contributed by atoms with Crippen LogP contribution in [-0.2, 0) is 6.54 Å². The molecule has 1 rings (SSSR count). The molecular weight excluding hydrogens is 222 g/mol. The number of nitrogens with zero attached hydrogens (tertiary/aromatic N) is 2. The van der Waals surface area contributed by atoms with Crippen molar-refractivity contribution < 1.29 is 0 Å². The van der Waals surface area contributed by atoms with E-state index in [4.69, 9.17) is 6.42 Å². The quantitative estimate of drug-likeness (QED) is 0.779. The van der Waals surface area contributed by atoms with Crippen LogP contribution in [0.25, 0.3) is 0 Å². The number of terminal acetylenes is 1. The molecule has 0 saturated carbocycles. The van der Waals surface area contributed by atoms with Gasteiger partial charge in [0, 0.05) is 24.3 Å². The Morgan fingerprint density at radius 2 is 2.17 bits per heavy atom. The fourth-order valence-electron chi connectivity index (χ4n) is 2.14. The predicted octanol–water partition coefficient (Wildman–Crippen LogP) is 2.27. The van der Waals surface area contributed by atoms with Crippen LogP contribution in [-0.4, -0.2) is 25.1 Å². The highest BCUT2D eigenvalue weighted by Gasteiger charge is 2.14. The molecule has 3 nitrogen and oxygen atoms in total. The Morgan fingerprint density at radius 3 is 2.72 bits per heavy atom. The Labute approximate surface area is 111 Å². The van der Waals surface area contributed by atoms with Crippen molar-refractivity contribution in [3.05, 3.63) is 22.9 Å². The summed E-state index contributed by atoms with van der Waals surface area (Å²) >= 11 is 0. The molecule has 1 heterocycles. The normalized spacial score (nSPS) is 10.2. The van der Waals surface area contributed by atoms with E-state index >= 15 is 0 Å². The molecule has 3 heteroatoms. The standard InChI is InChI=1S/C15H23N3/c1-6-8-18(9-7-2)15-14(11-16-5)12(3)10-13(4)17-15/h1,10,16H,7-9,11H2,2-5H3. The van der Waals surface area contributed by atoms with E-state index in [0.29, 0.717) is 6.54 Å². The van der Waals surface area contributed by atoms with Crippen LogP contribution >= 0.6 is 0 Å². The topological polar surface area (TPSA) is 28.2 Å². The van der Waals surface area contributed by atoms with Gasteiger partial charge in [-0.05, 0) is 38.9 Å². The number of aryl methyl sites for hydroxylation is 2. The van der Waals surface area contributed by atoms with Gasteiger partial charge < -0.3 is 10.2 Å². The van der Waals surface area contributed by atoms with Crippen LogP contribution in [0, 0.1) is 26.2 Å². The Morgan fingerprint density at radius 1 is 1.44 bits per heavy atom. The molecule has 0 aliphatic carbocycles. The van der Waals surface area contributed by atoms with Gasteiger partial charge in [0.2, 0.25) is 0 Å². The van der Waals surface area contributed by atoms with E-state index in [9.17, 15) is 0 Å². The molecule has 0 atom stereocenters. The van der Waals surface area contributed by atoms with Crippen molar-refractivity contribution in [3.63, 3.8) is 0 Å². The van der Waals surface area contributed by atoms with Crippen LogP contribution in [0.1, 0.15) is 30.2 Å². The third-order valence-electron chi connectivity index (χ3n) is 2.88. The first kappa shape index (κ1) is 14.5. The van der Waals surface area contributed by atoms with Gasteiger partial charge in [0.05, 0.1) is 6.54 Å². The van der Waals surface area contributed by atoms with E-state index < -0.39 is 0 Å². The van der Waals surface area contributed by atoms with E-state index in [-0.39, 0.29) is 0 Å². The van der Waals surface area contributed by atoms with Gasteiger partial charge in [-0.3, -0.25) is 0 Å². The minimum Gasteiger partial charge on any atom is -0.345 e. The van der Waals surface area contributed by atoms with Gasteiger partial charge in [0.25, 0.3) is 0 Å². The fourth-order valence-corrected chi connectivity index (χ4v) is 2.14. The van der Waals surface area contributed by atoms with Gasteiger partial charge in [-0.1, -0.05) is 12.8 Å². The number of rotatable bonds is 6. The molecule has 18 heavy (non-hydrogen) atoms. The van der Waals surface area contributed by atoms with Gasteiger partial charge in [-0.15, -0.1) is 6.42 Å². The molecule has 0 unspecified atom stereocenters. The number of nitrogens with one attached hydrogen (secondary N) is 1. The molecule has 0 amide bonds.